The number of anilines is 1. The Bertz CT molecular complexity index is 1380. The third-order valence-corrected chi connectivity index (χ3v) is 9.45. The molecule has 1 saturated carbocycles. The summed E-state index contributed by atoms with van der Waals surface area (Å²) < 4.78 is 10.7. The van der Waals surface area contributed by atoms with Crippen molar-refractivity contribution in [2.24, 2.45) is 11.8 Å². The summed E-state index contributed by atoms with van der Waals surface area (Å²) in [6.07, 6.45) is 7.50. The molecule has 1 saturated heterocycles. The molecule has 2 fully saturated rings. The lowest BCUT2D eigenvalue weighted by Crippen LogP contribution is -2.35. The third-order valence-electron chi connectivity index (χ3n) is 9.45. The maximum absolute atomic E-state index is 13.7. The average Bonchev–Trinajstić information content (AvgIpc) is 3.76. The SMILES string of the molecule is COc1cc(NC(=O)c2cccc3c2CCC(CCN2CCC(c4ccccc4)CCC4C[C@H]42)C3=O)cc(OC)c1. The van der Waals surface area contributed by atoms with E-state index in [1.165, 1.54) is 31.2 Å². The number of likely N-dealkylation sites (tertiary alicyclic amines) is 1. The van der Waals surface area contributed by atoms with Crippen LogP contribution < -0.4 is 14.8 Å². The molecule has 6 rings (SSSR count). The van der Waals surface area contributed by atoms with Crippen molar-refractivity contribution in [3.05, 3.63) is 89.0 Å². The molecule has 41 heavy (non-hydrogen) atoms. The van der Waals surface area contributed by atoms with Gasteiger partial charge in [0, 0.05) is 47.0 Å². The lowest BCUT2D eigenvalue weighted by Gasteiger charge is -2.31. The average molecular weight is 553 g/mol. The molecule has 214 valence electrons. The van der Waals surface area contributed by atoms with E-state index >= 15 is 0 Å². The number of hydrogen-bond donors (Lipinski definition) is 1. The summed E-state index contributed by atoms with van der Waals surface area (Å²) in [4.78, 5) is 29.7. The number of Topliss-reactive ketones (excluding diaryl/α,β-unsaturated/α-hetero) is 1. The van der Waals surface area contributed by atoms with Crippen molar-refractivity contribution >= 4 is 17.4 Å². The number of nitrogens with one attached hydrogen (secondary N) is 1. The molecule has 6 heteroatoms. The van der Waals surface area contributed by atoms with Crippen molar-refractivity contribution in [3.63, 3.8) is 0 Å². The van der Waals surface area contributed by atoms with E-state index < -0.39 is 0 Å². The highest BCUT2D eigenvalue weighted by molar-refractivity contribution is 6.09. The first-order valence-electron chi connectivity index (χ1n) is 15.0. The van der Waals surface area contributed by atoms with Crippen molar-refractivity contribution in [1.29, 1.82) is 0 Å². The fraction of sp³-hybridized carbons (Fsp3) is 0.429. The van der Waals surface area contributed by atoms with Gasteiger partial charge >= 0.3 is 0 Å². The quantitative estimate of drug-likeness (QED) is 0.335. The number of amides is 1. The summed E-state index contributed by atoms with van der Waals surface area (Å²) in [5.41, 5.74) is 4.19. The van der Waals surface area contributed by atoms with Gasteiger partial charge in [-0.25, -0.2) is 0 Å². The number of rotatable bonds is 8. The molecule has 2 aliphatic carbocycles. The number of fused-ring (bicyclic) bond motifs is 2. The zero-order valence-corrected chi connectivity index (χ0v) is 24.1. The molecule has 1 N–H and O–H groups in total. The zero-order chi connectivity index (χ0) is 28.3. The first-order chi connectivity index (χ1) is 20.0. The Morgan fingerprint density at radius 3 is 2.46 bits per heavy atom. The molecule has 3 aromatic carbocycles. The van der Waals surface area contributed by atoms with Crippen molar-refractivity contribution in [1.82, 2.24) is 4.90 Å². The van der Waals surface area contributed by atoms with Crippen LogP contribution >= 0.6 is 0 Å². The van der Waals surface area contributed by atoms with Crippen LogP contribution in [0.1, 0.15) is 76.3 Å². The van der Waals surface area contributed by atoms with Crippen molar-refractivity contribution in [2.75, 3.05) is 32.6 Å². The molecule has 3 aliphatic rings. The second-order valence-electron chi connectivity index (χ2n) is 11.8. The molecule has 0 spiro atoms. The molecule has 4 atom stereocenters. The van der Waals surface area contributed by atoms with Gasteiger partial charge < -0.3 is 19.7 Å². The maximum Gasteiger partial charge on any atom is 0.255 e. The molecule has 3 aromatic rings. The van der Waals surface area contributed by atoms with Crippen LogP contribution in [0.25, 0.3) is 0 Å². The van der Waals surface area contributed by atoms with Crippen LogP contribution in [-0.2, 0) is 6.42 Å². The van der Waals surface area contributed by atoms with Crippen molar-refractivity contribution < 1.29 is 19.1 Å². The van der Waals surface area contributed by atoms with Gasteiger partial charge in [-0.2, -0.15) is 0 Å². The number of ketones is 1. The summed E-state index contributed by atoms with van der Waals surface area (Å²) in [5, 5.41) is 2.97. The van der Waals surface area contributed by atoms with E-state index in [0.717, 1.165) is 43.8 Å². The lowest BCUT2D eigenvalue weighted by atomic mass is 9.79. The van der Waals surface area contributed by atoms with Crippen LogP contribution in [0.2, 0.25) is 0 Å². The van der Waals surface area contributed by atoms with Crippen LogP contribution in [0.3, 0.4) is 0 Å². The Morgan fingerprint density at radius 2 is 1.71 bits per heavy atom. The molecule has 1 aliphatic heterocycles. The topological polar surface area (TPSA) is 67.9 Å². The first-order valence-corrected chi connectivity index (χ1v) is 15.0. The smallest absolute Gasteiger partial charge is 0.255 e. The van der Waals surface area contributed by atoms with Gasteiger partial charge in [-0.15, -0.1) is 0 Å². The van der Waals surface area contributed by atoms with Gasteiger partial charge in [-0.05, 0) is 87.1 Å². The molecule has 0 radical (unpaired) electrons. The van der Waals surface area contributed by atoms with Crippen LogP contribution in [-0.4, -0.2) is 49.9 Å². The van der Waals surface area contributed by atoms with Gasteiger partial charge in [0.25, 0.3) is 5.91 Å². The second-order valence-corrected chi connectivity index (χ2v) is 11.8. The second kappa shape index (κ2) is 12.1. The number of methoxy groups -OCH3 is 2. The summed E-state index contributed by atoms with van der Waals surface area (Å²) in [6.45, 7) is 2.09. The molecule has 3 unspecified atom stereocenters. The molecular formula is C35H40N2O4. The summed E-state index contributed by atoms with van der Waals surface area (Å²) >= 11 is 0. The Balaban J connectivity index is 1.10. The van der Waals surface area contributed by atoms with E-state index in [1.807, 2.05) is 18.2 Å². The van der Waals surface area contributed by atoms with Crippen LogP contribution in [0, 0.1) is 11.8 Å². The fourth-order valence-electron chi connectivity index (χ4n) is 7.02. The number of ether oxygens (including phenoxy) is 2. The number of hydrogen-bond acceptors (Lipinski definition) is 5. The first kappa shape index (κ1) is 27.5. The number of carbonyl (C=O) groups excluding carboxylic acids is 2. The minimum Gasteiger partial charge on any atom is -0.497 e. The van der Waals surface area contributed by atoms with Crippen LogP contribution in [0.15, 0.2) is 66.7 Å². The van der Waals surface area contributed by atoms with Crippen LogP contribution in [0.4, 0.5) is 5.69 Å². The van der Waals surface area contributed by atoms with Gasteiger partial charge in [-0.3, -0.25) is 9.59 Å². The van der Waals surface area contributed by atoms with Gasteiger partial charge in [0.1, 0.15) is 11.5 Å². The van der Waals surface area contributed by atoms with E-state index in [9.17, 15) is 9.59 Å². The van der Waals surface area contributed by atoms with E-state index in [4.69, 9.17) is 9.47 Å². The van der Waals surface area contributed by atoms with E-state index in [-0.39, 0.29) is 17.6 Å². The van der Waals surface area contributed by atoms with Gasteiger partial charge in [0.2, 0.25) is 0 Å². The largest absolute Gasteiger partial charge is 0.497 e. The Labute approximate surface area is 243 Å². The molecular weight excluding hydrogens is 512 g/mol. The summed E-state index contributed by atoms with van der Waals surface area (Å²) in [6, 6.07) is 22.5. The summed E-state index contributed by atoms with van der Waals surface area (Å²) in [5.74, 6) is 2.61. The van der Waals surface area contributed by atoms with Crippen LogP contribution in [0.5, 0.6) is 11.5 Å². The minimum absolute atomic E-state index is 0.0102. The highest BCUT2D eigenvalue weighted by atomic mass is 16.5. The number of nitrogens with zero attached hydrogens (tertiary/aromatic N) is 1. The predicted molar refractivity (Wildman–Crippen MR) is 161 cm³/mol. The van der Waals surface area contributed by atoms with Gasteiger partial charge in [0.05, 0.1) is 14.2 Å². The van der Waals surface area contributed by atoms with Crippen molar-refractivity contribution in [2.45, 2.75) is 56.9 Å². The van der Waals surface area contributed by atoms with Gasteiger partial charge in [-0.1, -0.05) is 42.5 Å². The molecule has 1 heterocycles. The highest BCUT2D eigenvalue weighted by Gasteiger charge is 2.43. The minimum atomic E-state index is -0.225. The molecule has 0 bridgehead atoms. The standard InChI is InChI=1S/C35H40N2O4/c1-40-28-20-27(21-29(22-28)41-2)36-35(39)32-10-6-9-31-30(32)14-13-25(34(31)38)16-18-37-17-15-24(11-12-26-19-33(26)37)23-7-4-3-5-8-23/h3-10,20-22,24-26,33H,11-19H2,1-2H3,(H,36,39)/t24?,25?,26?,33-/m1/s1. The van der Waals surface area contributed by atoms with E-state index in [0.29, 0.717) is 40.3 Å². The Morgan fingerprint density at radius 1 is 0.927 bits per heavy atom. The zero-order valence-electron chi connectivity index (χ0n) is 24.1. The normalized spacial score (nSPS) is 23.9. The lowest BCUT2D eigenvalue weighted by molar-refractivity contribution is 0.0878. The van der Waals surface area contributed by atoms with E-state index in [1.54, 1.807) is 32.4 Å². The molecule has 0 aromatic heterocycles. The van der Waals surface area contributed by atoms with Crippen molar-refractivity contribution in [3.8, 4) is 11.5 Å². The molecule has 6 nitrogen and oxygen atoms in total. The number of benzene rings is 3. The highest BCUT2D eigenvalue weighted by Crippen LogP contribution is 2.44. The predicted octanol–water partition coefficient (Wildman–Crippen LogP) is 6.75. The fourth-order valence-corrected chi connectivity index (χ4v) is 7.02. The Hall–Kier alpha value is -3.64. The molecule has 1 amide bonds. The Kier molecular flexibility index (Phi) is 8.11. The summed E-state index contributed by atoms with van der Waals surface area (Å²) in [7, 11) is 3.16. The maximum atomic E-state index is 13.7. The number of carbonyl (C=O) groups is 2. The monoisotopic (exact) mass is 552 g/mol. The van der Waals surface area contributed by atoms with E-state index in [2.05, 4.69) is 40.5 Å². The third kappa shape index (κ3) is 6.03. The van der Waals surface area contributed by atoms with Gasteiger partial charge in [0.15, 0.2) is 5.78 Å².